The normalized spacial score (nSPS) is 19.2. The minimum Gasteiger partial charge on any atom is -0.508 e. The van der Waals surface area contributed by atoms with Gasteiger partial charge in [0.25, 0.3) is 5.91 Å². The molecule has 2 aliphatic rings. The minimum atomic E-state index is -0.250. The number of phenolic OH excluding ortho intramolecular Hbond substituents is 1. The first kappa shape index (κ1) is 17.6. The van der Waals surface area contributed by atoms with Crippen LogP contribution in [0.4, 0.5) is 0 Å². The molecule has 1 unspecified atom stereocenters. The first-order valence-corrected chi connectivity index (χ1v) is 9.40. The second-order valence-electron chi connectivity index (χ2n) is 7.44. The first-order valence-electron chi connectivity index (χ1n) is 9.40. The van der Waals surface area contributed by atoms with Gasteiger partial charge >= 0.3 is 5.69 Å². The maximum absolute atomic E-state index is 12.6. The molecule has 144 valence electrons. The molecule has 1 amide bonds. The van der Waals surface area contributed by atoms with E-state index in [0.717, 1.165) is 5.82 Å². The molecule has 0 saturated heterocycles. The summed E-state index contributed by atoms with van der Waals surface area (Å²) in [7, 11) is 1.65. The number of carbonyl (C=O) groups excluding carboxylic acids is 1. The third-order valence-electron chi connectivity index (χ3n) is 5.17. The Morgan fingerprint density at radius 3 is 2.89 bits per heavy atom. The molecule has 1 aromatic heterocycles. The summed E-state index contributed by atoms with van der Waals surface area (Å²) in [6, 6.07) is 4.58. The van der Waals surface area contributed by atoms with Crippen LogP contribution in [0.5, 0.6) is 11.5 Å². The summed E-state index contributed by atoms with van der Waals surface area (Å²) >= 11 is 0. The number of rotatable bonds is 5. The van der Waals surface area contributed by atoms with E-state index in [4.69, 9.17) is 4.74 Å². The standard InChI is InChI=1S/C19H24N4O4/c1-22-19(26)23-7-6-14(4-5-17(23)21-22)20-18(25)13-8-15(24)10-16(9-13)27-11-12-2-3-12/h8-10,12,14,24H,2-7,11H2,1H3,(H,20,25). The van der Waals surface area contributed by atoms with E-state index < -0.39 is 0 Å². The largest absolute Gasteiger partial charge is 0.508 e. The Hall–Kier alpha value is -2.77. The average molecular weight is 372 g/mol. The fourth-order valence-electron chi connectivity index (χ4n) is 3.41. The van der Waals surface area contributed by atoms with Gasteiger partial charge in [0, 0.05) is 37.7 Å². The maximum Gasteiger partial charge on any atom is 0.345 e. The molecular weight excluding hydrogens is 348 g/mol. The molecule has 8 heteroatoms. The summed E-state index contributed by atoms with van der Waals surface area (Å²) in [6.45, 7) is 1.15. The van der Waals surface area contributed by atoms with Crippen LogP contribution in [0.25, 0.3) is 0 Å². The highest BCUT2D eigenvalue weighted by atomic mass is 16.5. The molecule has 4 rings (SSSR count). The van der Waals surface area contributed by atoms with Crippen molar-refractivity contribution in [3.63, 3.8) is 0 Å². The zero-order chi connectivity index (χ0) is 19.0. The van der Waals surface area contributed by atoms with E-state index in [-0.39, 0.29) is 23.4 Å². The summed E-state index contributed by atoms with van der Waals surface area (Å²) < 4.78 is 8.70. The molecular formula is C19H24N4O4. The van der Waals surface area contributed by atoms with Gasteiger partial charge in [0.2, 0.25) is 0 Å². The van der Waals surface area contributed by atoms with Crippen molar-refractivity contribution < 1.29 is 14.6 Å². The van der Waals surface area contributed by atoms with Crippen molar-refractivity contribution >= 4 is 5.91 Å². The number of nitrogens with one attached hydrogen (secondary N) is 1. The fraction of sp³-hybridized carbons (Fsp3) is 0.526. The molecule has 8 nitrogen and oxygen atoms in total. The summed E-state index contributed by atoms with van der Waals surface area (Å²) in [5.41, 5.74) is 0.251. The Morgan fingerprint density at radius 1 is 1.30 bits per heavy atom. The zero-order valence-electron chi connectivity index (χ0n) is 15.4. The molecule has 1 aromatic carbocycles. The van der Waals surface area contributed by atoms with E-state index in [0.29, 0.717) is 49.6 Å². The van der Waals surface area contributed by atoms with Crippen LogP contribution >= 0.6 is 0 Å². The molecule has 2 aromatic rings. The topological polar surface area (TPSA) is 98.4 Å². The third-order valence-corrected chi connectivity index (χ3v) is 5.17. The highest BCUT2D eigenvalue weighted by molar-refractivity contribution is 5.95. The van der Waals surface area contributed by atoms with Crippen molar-refractivity contribution in [1.29, 1.82) is 0 Å². The van der Waals surface area contributed by atoms with E-state index in [1.54, 1.807) is 17.7 Å². The summed E-state index contributed by atoms with van der Waals surface area (Å²) in [5.74, 6) is 1.62. The number of ether oxygens (including phenoxy) is 1. The lowest BCUT2D eigenvalue weighted by Gasteiger charge is -2.16. The van der Waals surface area contributed by atoms with Gasteiger partial charge in [-0.1, -0.05) is 0 Å². The van der Waals surface area contributed by atoms with Gasteiger partial charge in [-0.2, -0.15) is 5.10 Å². The lowest BCUT2D eigenvalue weighted by Crippen LogP contribution is -2.35. The van der Waals surface area contributed by atoms with Crippen molar-refractivity contribution in [2.45, 2.75) is 44.7 Å². The van der Waals surface area contributed by atoms with Crippen molar-refractivity contribution in [2.75, 3.05) is 6.61 Å². The molecule has 2 heterocycles. The van der Waals surface area contributed by atoms with E-state index in [2.05, 4.69) is 10.4 Å². The number of hydrogen-bond acceptors (Lipinski definition) is 5. The van der Waals surface area contributed by atoms with Gasteiger partial charge in [0.15, 0.2) is 0 Å². The summed E-state index contributed by atoms with van der Waals surface area (Å²) in [5, 5.41) is 17.2. The Bertz CT molecular complexity index is 913. The Kier molecular flexibility index (Phi) is 4.63. The van der Waals surface area contributed by atoms with E-state index in [1.807, 2.05) is 0 Å². The second kappa shape index (κ2) is 7.09. The van der Waals surface area contributed by atoms with Gasteiger partial charge in [0.05, 0.1) is 6.61 Å². The number of hydrogen-bond donors (Lipinski definition) is 2. The van der Waals surface area contributed by atoms with Gasteiger partial charge in [-0.25, -0.2) is 9.48 Å². The predicted octanol–water partition coefficient (Wildman–Crippen LogP) is 1.21. The van der Waals surface area contributed by atoms with Crippen molar-refractivity contribution in [2.24, 2.45) is 13.0 Å². The van der Waals surface area contributed by atoms with Crippen LogP contribution in [-0.2, 0) is 20.0 Å². The summed E-state index contributed by atoms with van der Waals surface area (Å²) in [6.07, 6.45) is 4.36. The number of phenols is 1. The van der Waals surface area contributed by atoms with E-state index in [9.17, 15) is 14.7 Å². The second-order valence-corrected chi connectivity index (χ2v) is 7.44. The van der Waals surface area contributed by atoms with Gasteiger partial charge in [-0.15, -0.1) is 0 Å². The number of aryl methyl sites for hydroxylation is 2. The van der Waals surface area contributed by atoms with Crippen LogP contribution < -0.4 is 15.7 Å². The number of benzene rings is 1. The highest BCUT2D eigenvalue weighted by Gasteiger charge is 2.23. The summed E-state index contributed by atoms with van der Waals surface area (Å²) in [4.78, 5) is 24.7. The molecule has 0 bridgehead atoms. The SMILES string of the molecule is Cn1nc2n(c1=O)CCC(NC(=O)c1cc(O)cc(OCC3CC3)c1)CC2. The van der Waals surface area contributed by atoms with Crippen LogP contribution in [-0.4, -0.2) is 38.0 Å². The number of aromatic hydroxyl groups is 1. The lowest BCUT2D eigenvalue weighted by molar-refractivity contribution is 0.0932. The molecule has 1 fully saturated rings. The molecule has 27 heavy (non-hydrogen) atoms. The quantitative estimate of drug-likeness (QED) is 0.822. The number of aromatic nitrogens is 3. The number of carbonyl (C=O) groups is 1. The van der Waals surface area contributed by atoms with Gasteiger partial charge < -0.3 is 15.2 Å². The first-order chi connectivity index (χ1) is 13.0. The highest BCUT2D eigenvalue weighted by Crippen LogP contribution is 2.30. The van der Waals surface area contributed by atoms with Crippen molar-refractivity contribution in [1.82, 2.24) is 19.7 Å². The Morgan fingerprint density at radius 2 is 2.11 bits per heavy atom. The van der Waals surface area contributed by atoms with Crippen LogP contribution in [0.3, 0.4) is 0 Å². The van der Waals surface area contributed by atoms with Crippen LogP contribution in [0, 0.1) is 5.92 Å². The van der Waals surface area contributed by atoms with Crippen molar-refractivity contribution in [3.05, 3.63) is 40.1 Å². The van der Waals surface area contributed by atoms with E-state index >= 15 is 0 Å². The van der Waals surface area contributed by atoms with Gasteiger partial charge in [0.1, 0.15) is 17.3 Å². The smallest absolute Gasteiger partial charge is 0.345 e. The monoisotopic (exact) mass is 372 g/mol. The van der Waals surface area contributed by atoms with E-state index in [1.165, 1.54) is 29.7 Å². The molecule has 1 aliphatic heterocycles. The Balaban J connectivity index is 1.40. The fourth-order valence-corrected chi connectivity index (χ4v) is 3.41. The molecule has 0 spiro atoms. The molecule has 1 aliphatic carbocycles. The van der Waals surface area contributed by atoms with Crippen LogP contribution in [0.2, 0.25) is 0 Å². The number of fused-ring (bicyclic) bond motifs is 1. The minimum absolute atomic E-state index is 0.0120. The molecule has 2 N–H and O–H groups in total. The average Bonchev–Trinajstić information content (AvgIpc) is 3.44. The third kappa shape index (κ3) is 3.99. The number of nitrogens with zero attached hydrogens (tertiary/aromatic N) is 3. The molecule has 1 saturated carbocycles. The zero-order valence-corrected chi connectivity index (χ0v) is 15.4. The Labute approximate surface area is 156 Å². The van der Waals surface area contributed by atoms with Gasteiger partial charge in [-0.3, -0.25) is 9.36 Å². The molecule has 0 radical (unpaired) electrons. The molecule has 1 atom stereocenters. The maximum atomic E-state index is 12.6. The lowest BCUT2D eigenvalue weighted by atomic mass is 10.1. The van der Waals surface area contributed by atoms with Crippen LogP contribution in [0.1, 0.15) is 41.9 Å². The van der Waals surface area contributed by atoms with Crippen LogP contribution in [0.15, 0.2) is 23.0 Å². The predicted molar refractivity (Wildman–Crippen MR) is 98.0 cm³/mol. The van der Waals surface area contributed by atoms with Crippen molar-refractivity contribution in [3.8, 4) is 11.5 Å². The van der Waals surface area contributed by atoms with Gasteiger partial charge in [-0.05, 0) is 43.7 Å². The number of amides is 1.